The largest absolute Gasteiger partial charge is 0.465 e. The van der Waals surface area contributed by atoms with Gasteiger partial charge in [0.05, 0.1) is 12.0 Å². The topological polar surface area (TPSA) is 69.4 Å². The van der Waals surface area contributed by atoms with Crippen LogP contribution in [-0.4, -0.2) is 18.0 Å². The van der Waals surface area contributed by atoms with E-state index in [2.05, 4.69) is 4.74 Å². The predicted octanol–water partition coefficient (Wildman–Crippen LogP) is 1.69. The van der Waals surface area contributed by atoms with Crippen LogP contribution in [0.3, 0.4) is 0 Å². The second kappa shape index (κ2) is 3.87. The van der Waals surface area contributed by atoms with Gasteiger partial charge in [-0.05, 0) is 18.6 Å². The van der Waals surface area contributed by atoms with Gasteiger partial charge in [0, 0.05) is 6.07 Å². The Morgan fingerprint density at radius 1 is 1.50 bits per heavy atom. The van der Waals surface area contributed by atoms with E-state index in [1.54, 1.807) is 13.0 Å². The molecule has 5 nitrogen and oxygen atoms in total. The van der Waals surface area contributed by atoms with Gasteiger partial charge in [-0.1, -0.05) is 6.07 Å². The summed E-state index contributed by atoms with van der Waals surface area (Å²) in [5, 5.41) is 10.6. The molecule has 0 atom stereocenters. The van der Waals surface area contributed by atoms with Crippen LogP contribution in [0.15, 0.2) is 18.2 Å². The van der Waals surface area contributed by atoms with E-state index >= 15 is 0 Å². The standard InChI is InChI=1S/C9H9NO4/c1-6-3-4-7(9(11)14-2)8(5-6)10(12)13/h3-5H,1-2H3. The van der Waals surface area contributed by atoms with Crippen molar-refractivity contribution >= 4 is 11.7 Å². The minimum Gasteiger partial charge on any atom is -0.465 e. The van der Waals surface area contributed by atoms with Crippen LogP contribution < -0.4 is 0 Å². The van der Waals surface area contributed by atoms with Crippen LogP contribution in [0.25, 0.3) is 0 Å². The van der Waals surface area contributed by atoms with Crippen molar-refractivity contribution in [3.05, 3.63) is 39.4 Å². The molecule has 1 aromatic carbocycles. The molecule has 0 unspecified atom stereocenters. The van der Waals surface area contributed by atoms with Crippen molar-refractivity contribution in [2.45, 2.75) is 6.92 Å². The van der Waals surface area contributed by atoms with E-state index in [0.717, 1.165) is 5.56 Å². The van der Waals surface area contributed by atoms with Gasteiger partial charge in [0.25, 0.3) is 5.69 Å². The third kappa shape index (κ3) is 1.87. The number of carbonyl (C=O) groups excluding carboxylic acids is 1. The lowest BCUT2D eigenvalue weighted by atomic mass is 10.1. The molecular formula is C9H9NO4. The second-order valence-electron chi connectivity index (χ2n) is 2.77. The zero-order chi connectivity index (χ0) is 10.7. The molecule has 0 aliphatic rings. The fraction of sp³-hybridized carbons (Fsp3) is 0.222. The van der Waals surface area contributed by atoms with Gasteiger partial charge in [0.2, 0.25) is 0 Å². The van der Waals surface area contributed by atoms with Crippen molar-refractivity contribution in [3.8, 4) is 0 Å². The number of rotatable bonds is 2. The third-order valence-electron chi connectivity index (χ3n) is 1.76. The van der Waals surface area contributed by atoms with E-state index in [1.165, 1.54) is 19.2 Å². The van der Waals surface area contributed by atoms with Gasteiger partial charge in [-0.3, -0.25) is 10.1 Å². The lowest BCUT2D eigenvalue weighted by Gasteiger charge is -2.01. The Bertz CT molecular complexity index is 386. The smallest absolute Gasteiger partial charge is 0.344 e. The molecule has 0 bridgehead atoms. The van der Waals surface area contributed by atoms with Gasteiger partial charge in [-0.25, -0.2) is 4.79 Å². The summed E-state index contributed by atoms with van der Waals surface area (Å²) in [4.78, 5) is 21.1. The highest BCUT2D eigenvalue weighted by molar-refractivity contribution is 5.93. The lowest BCUT2D eigenvalue weighted by molar-refractivity contribution is -0.385. The van der Waals surface area contributed by atoms with Crippen molar-refractivity contribution in [2.24, 2.45) is 0 Å². The number of ether oxygens (including phenoxy) is 1. The molecule has 0 fully saturated rings. The maximum atomic E-state index is 11.1. The number of nitro benzene ring substituents is 1. The van der Waals surface area contributed by atoms with Crippen LogP contribution in [0.2, 0.25) is 0 Å². The molecule has 0 aliphatic carbocycles. The fourth-order valence-corrected chi connectivity index (χ4v) is 1.08. The van der Waals surface area contributed by atoms with Crippen molar-refractivity contribution in [1.29, 1.82) is 0 Å². The van der Waals surface area contributed by atoms with Crippen LogP contribution >= 0.6 is 0 Å². The molecule has 0 heterocycles. The van der Waals surface area contributed by atoms with Crippen LogP contribution in [0.1, 0.15) is 15.9 Å². The van der Waals surface area contributed by atoms with Crippen LogP contribution in [-0.2, 0) is 4.74 Å². The molecule has 5 heteroatoms. The minimum atomic E-state index is -0.697. The van der Waals surface area contributed by atoms with E-state index in [4.69, 9.17) is 0 Å². The number of benzene rings is 1. The summed E-state index contributed by atoms with van der Waals surface area (Å²) in [6.45, 7) is 1.72. The molecule has 1 rings (SSSR count). The van der Waals surface area contributed by atoms with E-state index in [-0.39, 0.29) is 11.3 Å². The number of hydrogen-bond acceptors (Lipinski definition) is 4. The third-order valence-corrected chi connectivity index (χ3v) is 1.76. The number of methoxy groups -OCH3 is 1. The molecule has 0 radical (unpaired) electrons. The summed E-state index contributed by atoms with van der Waals surface area (Å²) in [5.74, 6) is -0.697. The molecule has 0 N–H and O–H groups in total. The average molecular weight is 195 g/mol. The lowest BCUT2D eigenvalue weighted by Crippen LogP contribution is -2.05. The van der Waals surface area contributed by atoms with Crippen molar-refractivity contribution < 1.29 is 14.5 Å². The molecule has 1 aromatic rings. The van der Waals surface area contributed by atoms with Crippen LogP contribution in [0.5, 0.6) is 0 Å². The zero-order valence-electron chi connectivity index (χ0n) is 7.81. The summed E-state index contributed by atoms with van der Waals surface area (Å²) >= 11 is 0. The molecular weight excluding hydrogens is 186 g/mol. The van der Waals surface area contributed by atoms with Gasteiger partial charge in [0.15, 0.2) is 0 Å². The normalized spacial score (nSPS) is 9.57. The van der Waals surface area contributed by atoms with Crippen LogP contribution in [0.4, 0.5) is 5.69 Å². The molecule has 14 heavy (non-hydrogen) atoms. The summed E-state index contributed by atoms with van der Waals surface area (Å²) in [6, 6.07) is 4.35. The van der Waals surface area contributed by atoms with Gasteiger partial charge in [-0.2, -0.15) is 0 Å². The second-order valence-corrected chi connectivity index (χ2v) is 2.77. The Morgan fingerprint density at radius 2 is 2.14 bits per heavy atom. The molecule has 0 spiro atoms. The first kappa shape index (κ1) is 10.2. The van der Waals surface area contributed by atoms with E-state index in [9.17, 15) is 14.9 Å². The summed E-state index contributed by atoms with van der Waals surface area (Å²) in [6.07, 6.45) is 0. The number of hydrogen-bond donors (Lipinski definition) is 0. The maximum Gasteiger partial charge on any atom is 0.344 e. The van der Waals surface area contributed by atoms with Gasteiger partial charge < -0.3 is 4.74 Å². The molecule has 74 valence electrons. The average Bonchev–Trinajstić information content (AvgIpc) is 2.16. The highest BCUT2D eigenvalue weighted by atomic mass is 16.6. The quantitative estimate of drug-likeness (QED) is 0.409. The first-order valence-electron chi connectivity index (χ1n) is 3.89. The van der Waals surface area contributed by atoms with E-state index in [1.807, 2.05) is 0 Å². The SMILES string of the molecule is COC(=O)c1ccc(C)cc1[N+](=O)[O-]. The molecule has 0 amide bonds. The Hall–Kier alpha value is -1.91. The minimum absolute atomic E-state index is 0.0249. The van der Waals surface area contributed by atoms with Crippen molar-refractivity contribution in [1.82, 2.24) is 0 Å². The van der Waals surface area contributed by atoms with Gasteiger partial charge in [-0.15, -0.1) is 0 Å². The molecule has 0 aromatic heterocycles. The first-order chi connectivity index (χ1) is 6.56. The molecule has 0 aliphatic heterocycles. The first-order valence-corrected chi connectivity index (χ1v) is 3.89. The van der Waals surface area contributed by atoms with Crippen LogP contribution in [0, 0.1) is 17.0 Å². The molecule has 0 saturated carbocycles. The fourth-order valence-electron chi connectivity index (χ4n) is 1.08. The van der Waals surface area contributed by atoms with Gasteiger partial charge >= 0.3 is 5.97 Å². The van der Waals surface area contributed by atoms with E-state index < -0.39 is 10.9 Å². The highest BCUT2D eigenvalue weighted by Crippen LogP contribution is 2.20. The monoisotopic (exact) mass is 195 g/mol. The maximum absolute atomic E-state index is 11.1. The van der Waals surface area contributed by atoms with E-state index in [0.29, 0.717) is 0 Å². The number of carbonyl (C=O) groups is 1. The Kier molecular flexibility index (Phi) is 2.81. The molecule has 0 saturated heterocycles. The summed E-state index contributed by atoms with van der Waals surface area (Å²) in [5.41, 5.74) is 0.476. The van der Waals surface area contributed by atoms with Crippen molar-refractivity contribution in [3.63, 3.8) is 0 Å². The number of nitrogens with zero attached hydrogens (tertiary/aromatic N) is 1. The summed E-state index contributed by atoms with van der Waals surface area (Å²) < 4.78 is 4.42. The summed E-state index contributed by atoms with van der Waals surface area (Å²) in [7, 11) is 1.19. The van der Waals surface area contributed by atoms with Crippen molar-refractivity contribution in [2.75, 3.05) is 7.11 Å². The number of esters is 1. The zero-order valence-corrected chi connectivity index (χ0v) is 7.81. The number of aryl methyl sites for hydroxylation is 1. The Balaban J connectivity index is 3.28. The number of nitro groups is 1. The highest BCUT2D eigenvalue weighted by Gasteiger charge is 2.20. The predicted molar refractivity (Wildman–Crippen MR) is 49.2 cm³/mol. The Labute approximate surface area is 80.5 Å². The van der Waals surface area contributed by atoms with Gasteiger partial charge in [0.1, 0.15) is 5.56 Å². The Morgan fingerprint density at radius 3 is 2.64 bits per heavy atom.